The predicted molar refractivity (Wildman–Crippen MR) is 108 cm³/mol. The van der Waals surface area contributed by atoms with Crippen molar-refractivity contribution in [1.29, 1.82) is 0 Å². The summed E-state index contributed by atoms with van der Waals surface area (Å²) in [6.07, 6.45) is 3.38. The molecule has 0 radical (unpaired) electrons. The summed E-state index contributed by atoms with van der Waals surface area (Å²) in [5, 5.41) is 7.32. The zero-order valence-electron chi connectivity index (χ0n) is 15.6. The molecular weight excluding hydrogens is 352 g/mol. The van der Waals surface area contributed by atoms with Gasteiger partial charge in [-0.3, -0.25) is 9.48 Å². The lowest BCUT2D eigenvalue weighted by Crippen LogP contribution is -2.49. The van der Waals surface area contributed by atoms with Gasteiger partial charge in [0.15, 0.2) is 5.65 Å². The van der Waals surface area contributed by atoms with Crippen LogP contribution in [-0.4, -0.2) is 56.7 Å². The molecule has 0 saturated carbocycles. The van der Waals surface area contributed by atoms with E-state index in [1.165, 1.54) is 0 Å². The van der Waals surface area contributed by atoms with Crippen LogP contribution in [0.3, 0.4) is 0 Å². The molecule has 0 atom stereocenters. The molecule has 1 aliphatic rings. The number of rotatable bonds is 2. The Bertz CT molecular complexity index is 1170. The first kappa shape index (κ1) is 16.7. The molecule has 2 aromatic carbocycles. The van der Waals surface area contributed by atoms with Crippen molar-refractivity contribution in [3.63, 3.8) is 0 Å². The minimum absolute atomic E-state index is 0.0886. The van der Waals surface area contributed by atoms with Gasteiger partial charge in [0.25, 0.3) is 5.91 Å². The highest BCUT2D eigenvalue weighted by Crippen LogP contribution is 2.25. The fraction of sp³-hybridized carbons (Fsp3) is 0.238. The van der Waals surface area contributed by atoms with Crippen molar-refractivity contribution < 1.29 is 4.79 Å². The SMILES string of the molecule is Cn1ncc2c(N3CCN(C(=O)c4cccc5ccccc45)CC3)ncnc21. The van der Waals surface area contributed by atoms with E-state index in [0.717, 1.165) is 46.3 Å². The van der Waals surface area contributed by atoms with Crippen molar-refractivity contribution in [3.05, 3.63) is 60.6 Å². The molecule has 3 heterocycles. The molecule has 0 aliphatic carbocycles. The number of fused-ring (bicyclic) bond motifs is 2. The Labute approximate surface area is 162 Å². The summed E-state index contributed by atoms with van der Waals surface area (Å²) in [7, 11) is 1.87. The molecule has 4 aromatic rings. The first-order valence-electron chi connectivity index (χ1n) is 9.37. The van der Waals surface area contributed by atoms with Crippen LogP contribution in [0.2, 0.25) is 0 Å². The Kier molecular flexibility index (Phi) is 3.93. The Balaban J connectivity index is 1.37. The van der Waals surface area contributed by atoms with E-state index in [-0.39, 0.29) is 5.91 Å². The minimum atomic E-state index is 0.0886. The summed E-state index contributed by atoms with van der Waals surface area (Å²) in [5.41, 5.74) is 1.59. The fourth-order valence-electron chi connectivity index (χ4n) is 3.91. The second-order valence-corrected chi connectivity index (χ2v) is 7.01. The van der Waals surface area contributed by atoms with Crippen LogP contribution in [0.25, 0.3) is 21.8 Å². The van der Waals surface area contributed by atoms with Gasteiger partial charge in [-0.2, -0.15) is 5.10 Å². The van der Waals surface area contributed by atoms with E-state index >= 15 is 0 Å². The van der Waals surface area contributed by atoms with E-state index in [1.807, 2.05) is 54.4 Å². The third-order valence-corrected chi connectivity index (χ3v) is 5.39. The number of carbonyl (C=O) groups excluding carboxylic acids is 1. The van der Waals surface area contributed by atoms with E-state index in [0.29, 0.717) is 13.1 Å². The van der Waals surface area contributed by atoms with Crippen LogP contribution in [-0.2, 0) is 7.05 Å². The maximum atomic E-state index is 13.1. The van der Waals surface area contributed by atoms with E-state index < -0.39 is 0 Å². The van der Waals surface area contributed by atoms with Crippen LogP contribution >= 0.6 is 0 Å². The van der Waals surface area contributed by atoms with Crippen molar-refractivity contribution in [2.75, 3.05) is 31.1 Å². The molecule has 28 heavy (non-hydrogen) atoms. The van der Waals surface area contributed by atoms with Gasteiger partial charge in [0.05, 0.1) is 11.6 Å². The van der Waals surface area contributed by atoms with Gasteiger partial charge < -0.3 is 9.80 Å². The number of piperazine rings is 1. The molecule has 1 saturated heterocycles. The van der Waals surface area contributed by atoms with Crippen LogP contribution < -0.4 is 4.90 Å². The number of nitrogens with zero attached hydrogens (tertiary/aromatic N) is 6. The molecule has 0 unspecified atom stereocenters. The topological polar surface area (TPSA) is 67.2 Å². The fourth-order valence-corrected chi connectivity index (χ4v) is 3.91. The molecule has 0 N–H and O–H groups in total. The highest BCUT2D eigenvalue weighted by molar-refractivity contribution is 6.07. The summed E-state index contributed by atoms with van der Waals surface area (Å²) >= 11 is 0. The number of carbonyl (C=O) groups is 1. The Morgan fingerprint density at radius 3 is 2.57 bits per heavy atom. The molecule has 7 heteroatoms. The Morgan fingerprint density at radius 1 is 0.929 bits per heavy atom. The number of amides is 1. The second kappa shape index (κ2) is 6.60. The van der Waals surface area contributed by atoms with Crippen molar-refractivity contribution >= 4 is 33.5 Å². The number of aromatic nitrogens is 4. The number of benzene rings is 2. The number of hydrogen-bond acceptors (Lipinski definition) is 5. The van der Waals surface area contributed by atoms with Crippen LogP contribution in [0.5, 0.6) is 0 Å². The maximum Gasteiger partial charge on any atom is 0.254 e. The Morgan fingerprint density at radius 2 is 1.71 bits per heavy atom. The lowest BCUT2D eigenvalue weighted by molar-refractivity contribution is 0.0748. The molecule has 140 valence electrons. The first-order chi connectivity index (χ1) is 13.7. The number of hydrogen-bond donors (Lipinski definition) is 0. The van der Waals surface area contributed by atoms with Gasteiger partial charge in [0, 0.05) is 38.8 Å². The lowest BCUT2D eigenvalue weighted by atomic mass is 10.0. The van der Waals surface area contributed by atoms with Crippen LogP contribution in [0, 0.1) is 0 Å². The summed E-state index contributed by atoms with van der Waals surface area (Å²) in [4.78, 5) is 26.1. The molecule has 7 nitrogen and oxygen atoms in total. The standard InChI is InChI=1S/C21H20N6O/c1-25-19-18(13-24-25)20(23-14-22-19)26-9-11-27(12-10-26)21(28)17-8-4-6-15-5-2-3-7-16(15)17/h2-8,13-14H,9-12H2,1H3. The van der Waals surface area contributed by atoms with Crippen molar-refractivity contribution in [3.8, 4) is 0 Å². The first-order valence-corrected chi connectivity index (χ1v) is 9.37. The molecule has 0 spiro atoms. The van der Waals surface area contributed by atoms with E-state index in [4.69, 9.17) is 0 Å². The van der Waals surface area contributed by atoms with Gasteiger partial charge in [-0.15, -0.1) is 0 Å². The van der Waals surface area contributed by atoms with Crippen molar-refractivity contribution in [2.45, 2.75) is 0 Å². The number of anilines is 1. The maximum absolute atomic E-state index is 13.1. The highest BCUT2D eigenvalue weighted by atomic mass is 16.2. The molecule has 5 rings (SSSR count). The van der Waals surface area contributed by atoms with Gasteiger partial charge in [-0.1, -0.05) is 36.4 Å². The van der Waals surface area contributed by atoms with Crippen molar-refractivity contribution in [1.82, 2.24) is 24.6 Å². The predicted octanol–water partition coefficient (Wildman–Crippen LogP) is 2.48. The van der Waals surface area contributed by atoms with Crippen LogP contribution in [0.1, 0.15) is 10.4 Å². The van der Waals surface area contributed by atoms with Gasteiger partial charge in [-0.25, -0.2) is 9.97 Å². The monoisotopic (exact) mass is 372 g/mol. The third kappa shape index (κ3) is 2.67. The summed E-state index contributed by atoms with van der Waals surface area (Å²) in [6.45, 7) is 2.79. The molecular formula is C21H20N6O. The molecule has 0 bridgehead atoms. The molecule has 1 amide bonds. The van der Waals surface area contributed by atoms with Gasteiger partial charge in [0.2, 0.25) is 0 Å². The summed E-state index contributed by atoms with van der Waals surface area (Å²) in [5.74, 6) is 0.973. The zero-order valence-corrected chi connectivity index (χ0v) is 15.6. The van der Waals surface area contributed by atoms with E-state index in [9.17, 15) is 4.79 Å². The second-order valence-electron chi connectivity index (χ2n) is 7.01. The van der Waals surface area contributed by atoms with Gasteiger partial charge in [0.1, 0.15) is 12.1 Å². The lowest BCUT2D eigenvalue weighted by Gasteiger charge is -2.35. The van der Waals surface area contributed by atoms with E-state index in [2.05, 4.69) is 20.0 Å². The van der Waals surface area contributed by atoms with Gasteiger partial charge in [-0.05, 0) is 16.8 Å². The smallest absolute Gasteiger partial charge is 0.254 e. The average Bonchev–Trinajstić information content (AvgIpc) is 3.14. The molecule has 2 aromatic heterocycles. The quantitative estimate of drug-likeness (QED) is 0.541. The number of aryl methyl sites for hydroxylation is 1. The summed E-state index contributed by atoms with van der Waals surface area (Å²) < 4.78 is 1.75. The largest absolute Gasteiger partial charge is 0.352 e. The normalized spacial score (nSPS) is 14.8. The van der Waals surface area contributed by atoms with Gasteiger partial charge >= 0.3 is 0 Å². The van der Waals surface area contributed by atoms with E-state index in [1.54, 1.807) is 17.2 Å². The van der Waals surface area contributed by atoms with Crippen LogP contribution in [0.15, 0.2) is 55.0 Å². The highest BCUT2D eigenvalue weighted by Gasteiger charge is 2.25. The third-order valence-electron chi connectivity index (χ3n) is 5.39. The Hall–Kier alpha value is -3.48. The molecule has 1 aliphatic heterocycles. The average molecular weight is 372 g/mol. The van der Waals surface area contributed by atoms with Crippen LogP contribution in [0.4, 0.5) is 5.82 Å². The molecule has 1 fully saturated rings. The zero-order chi connectivity index (χ0) is 19.1. The summed E-state index contributed by atoms with van der Waals surface area (Å²) in [6, 6.07) is 13.9. The minimum Gasteiger partial charge on any atom is -0.352 e. The van der Waals surface area contributed by atoms with Crippen molar-refractivity contribution in [2.24, 2.45) is 7.05 Å².